The van der Waals surface area contributed by atoms with Gasteiger partial charge in [0.05, 0.1) is 18.2 Å². The van der Waals surface area contributed by atoms with E-state index in [4.69, 9.17) is 5.26 Å². The second-order valence-corrected chi connectivity index (χ2v) is 6.89. The number of sulfonamides is 1. The summed E-state index contributed by atoms with van der Waals surface area (Å²) in [6, 6.07) is 3.24. The van der Waals surface area contributed by atoms with E-state index >= 15 is 0 Å². The molecule has 0 saturated carbocycles. The molecule has 1 aromatic rings. The maximum absolute atomic E-state index is 13.8. The van der Waals surface area contributed by atoms with E-state index in [1.54, 1.807) is 4.90 Å². The molecule has 23 heavy (non-hydrogen) atoms. The Bertz CT molecular complexity index is 720. The number of nitrogens with zero attached hydrogens (tertiary/aromatic N) is 3. The number of alkyl halides is 3. The van der Waals surface area contributed by atoms with Gasteiger partial charge in [-0.2, -0.15) is 22.7 Å². The molecule has 1 aliphatic rings. The Balaban J connectivity index is 2.29. The Morgan fingerprint density at radius 3 is 2.30 bits per heavy atom. The molecule has 0 aliphatic carbocycles. The lowest BCUT2D eigenvalue weighted by Crippen LogP contribution is -2.48. The highest BCUT2D eigenvalue weighted by molar-refractivity contribution is 7.89. The molecular formula is C13H13F4N3O2S. The van der Waals surface area contributed by atoms with Crippen LogP contribution in [0.5, 0.6) is 0 Å². The maximum atomic E-state index is 13.8. The van der Waals surface area contributed by atoms with Crippen LogP contribution in [0, 0.1) is 17.1 Å². The van der Waals surface area contributed by atoms with Crippen LogP contribution in [-0.4, -0.2) is 50.3 Å². The molecular weight excluding hydrogens is 338 g/mol. The number of nitriles is 1. The monoisotopic (exact) mass is 351 g/mol. The molecule has 5 nitrogen and oxygen atoms in total. The topological polar surface area (TPSA) is 64.4 Å². The normalized spacial score (nSPS) is 17.9. The highest BCUT2D eigenvalue weighted by Crippen LogP contribution is 2.32. The molecule has 1 aliphatic heterocycles. The van der Waals surface area contributed by atoms with Gasteiger partial charge in [-0.05, 0) is 18.2 Å². The molecule has 0 spiro atoms. The van der Waals surface area contributed by atoms with Crippen LogP contribution in [0.4, 0.5) is 17.6 Å². The lowest BCUT2D eigenvalue weighted by atomic mass is 10.2. The SMILES string of the molecule is N#CCN1CCN(S(=O)(=O)c2cc(C(F)(F)F)ccc2F)CC1. The summed E-state index contributed by atoms with van der Waals surface area (Å²) in [7, 11) is -4.37. The third-order valence-corrected chi connectivity index (χ3v) is 5.42. The van der Waals surface area contributed by atoms with Gasteiger partial charge < -0.3 is 0 Å². The summed E-state index contributed by atoms with van der Waals surface area (Å²) in [5.74, 6) is -1.22. The molecule has 0 atom stereocenters. The van der Waals surface area contributed by atoms with Gasteiger partial charge in [-0.15, -0.1) is 0 Å². The van der Waals surface area contributed by atoms with E-state index in [1.165, 1.54) is 0 Å². The minimum Gasteiger partial charge on any atom is -0.288 e. The molecule has 126 valence electrons. The number of halogens is 4. The standard InChI is InChI=1S/C13H13F4N3O2S/c14-11-2-1-10(13(15,16)17)9-12(11)23(21,22)20-7-5-19(4-3-18)6-8-20/h1-2,9H,4-8H2. The number of rotatable bonds is 3. The molecule has 2 rings (SSSR count). The van der Waals surface area contributed by atoms with Crippen molar-refractivity contribution >= 4 is 10.0 Å². The first-order chi connectivity index (χ1) is 10.7. The van der Waals surface area contributed by atoms with Gasteiger partial charge in [0.15, 0.2) is 0 Å². The van der Waals surface area contributed by atoms with Gasteiger partial charge in [0.2, 0.25) is 10.0 Å². The number of piperazine rings is 1. The average molecular weight is 351 g/mol. The van der Waals surface area contributed by atoms with Gasteiger partial charge in [-0.1, -0.05) is 0 Å². The Morgan fingerprint density at radius 2 is 1.78 bits per heavy atom. The first kappa shape index (κ1) is 17.7. The van der Waals surface area contributed by atoms with Crippen molar-refractivity contribution in [1.82, 2.24) is 9.21 Å². The van der Waals surface area contributed by atoms with E-state index < -0.39 is 32.5 Å². The van der Waals surface area contributed by atoms with E-state index in [0.717, 1.165) is 4.31 Å². The molecule has 0 unspecified atom stereocenters. The molecule has 0 radical (unpaired) electrons. The van der Waals surface area contributed by atoms with Crippen molar-refractivity contribution in [2.45, 2.75) is 11.1 Å². The minimum absolute atomic E-state index is 0.0142. The fraction of sp³-hybridized carbons (Fsp3) is 0.462. The molecule has 1 fully saturated rings. The smallest absolute Gasteiger partial charge is 0.288 e. The Hall–Kier alpha value is -1.70. The minimum atomic E-state index is -4.76. The summed E-state index contributed by atoms with van der Waals surface area (Å²) in [5, 5.41) is 8.59. The van der Waals surface area contributed by atoms with Crippen molar-refractivity contribution in [2.24, 2.45) is 0 Å². The summed E-state index contributed by atoms with van der Waals surface area (Å²) in [4.78, 5) is 0.718. The lowest BCUT2D eigenvalue weighted by molar-refractivity contribution is -0.137. The Morgan fingerprint density at radius 1 is 1.17 bits per heavy atom. The maximum Gasteiger partial charge on any atom is 0.416 e. The predicted octanol–water partition coefficient (Wildman–Crippen LogP) is 1.67. The van der Waals surface area contributed by atoms with Gasteiger partial charge in [0, 0.05) is 26.2 Å². The fourth-order valence-corrected chi connectivity index (χ4v) is 3.76. The highest BCUT2D eigenvalue weighted by atomic mass is 32.2. The van der Waals surface area contributed by atoms with Crippen LogP contribution in [0.2, 0.25) is 0 Å². The van der Waals surface area contributed by atoms with Gasteiger partial charge >= 0.3 is 6.18 Å². The zero-order chi connectivity index (χ0) is 17.3. The Labute approximate surface area is 130 Å². The van der Waals surface area contributed by atoms with E-state index in [1.807, 2.05) is 6.07 Å². The van der Waals surface area contributed by atoms with Crippen LogP contribution in [0.25, 0.3) is 0 Å². The van der Waals surface area contributed by atoms with Crippen LogP contribution in [0.3, 0.4) is 0 Å². The highest BCUT2D eigenvalue weighted by Gasteiger charge is 2.35. The number of hydrogen-bond acceptors (Lipinski definition) is 4. The van der Waals surface area contributed by atoms with Crippen molar-refractivity contribution in [1.29, 1.82) is 5.26 Å². The second-order valence-electron chi connectivity index (χ2n) is 4.98. The third kappa shape index (κ3) is 3.80. The van der Waals surface area contributed by atoms with Crippen molar-refractivity contribution in [2.75, 3.05) is 32.7 Å². The second kappa shape index (κ2) is 6.43. The van der Waals surface area contributed by atoms with Gasteiger partial charge in [0.1, 0.15) is 10.7 Å². The summed E-state index contributed by atoms with van der Waals surface area (Å²) in [6.45, 7) is 0.617. The van der Waals surface area contributed by atoms with Crippen LogP contribution < -0.4 is 0 Å². The summed E-state index contributed by atoms with van der Waals surface area (Å²) < 4.78 is 77.6. The van der Waals surface area contributed by atoms with Crippen LogP contribution in [0.1, 0.15) is 5.56 Å². The number of hydrogen-bond donors (Lipinski definition) is 0. The molecule has 1 aromatic carbocycles. The van der Waals surface area contributed by atoms with Crippen LogP contribution >= 0.6 is 0 Å². The van der Waals surface area contributed by atoms with Crippen molar-refractivity contribution in [3.8, 4) is 6.07 Å². The lowest BCUT2D eigenvalue weighted by Gasteiger charge is -2.32. The molecule has 0 aromatic heterocycles. The molecule has 0 N–H and O–H groups in total. The molecule has 1 saturated heterocycles. The van der Waals surface area contributed by atoms with E-state index in [0.29, 0.717) is 18.2 Å². The van der Waals surface area contributed by atoms with Gasteiger partial charge in [0.25, 0.3) is 0 Å². The van der Waals surface area contributed by atoms with E-state index in [9.17, 15) is 26.0 Å². The third-order valence-electron chi connectivity index (χ3n) is 3.50. The van der Waals surface area contributed by atoms with E-state index in [2.05, 4.69) is 0 Å². The molecule has 1 heterocycles. The molecule has 0 amide bonds. The van der Waals surface area contributed by atoms with Crippen molar-refractivity contribution in [3.05, 3.63) is 29.6 Å². The number of benzene rings is 1. The van der Waals surface area contributed by atoms with Gasteiger partial charge in [-0.3, -0.25) is 4.90 Å². The molecule has 0 bridgehead atoms. The predicted molar refractivity (Wildman–Crippen MR) is 72.2 cm³/mol. The largest absolute Gasteiger partial charge is 0.416 e. The summed E-state index contributed by atoms with van der Waals surface area (Å²) >= 11 is 0. The van der Waals surface area contributed by atoms with Crippen LogP contribution in [0.15, 0.2) is 23.1 Å². The molecule has 10 heteroatoms. The van der Waals surface area contributed by atoms with E-state index in [-0.39, 0.29) is 32.7 Å². The zero-order valence-corrected chi connectivity index (χ0v) is 12.7. The first-order valence-corrected chi connectivity index (χ1v) is 8.06. The van der Waals surface area contributed by atoms with Crippen molar-refractivity contribution in [3.63, 3.8) is 0 Å². The first-order valence-electron chi connectivity index (χ1n) is 6.62. The van der Waals surface area contributed by atoms with Gasteiger partial charge in [-0.25, -0.2) is 12.8 Å². The zero-order valence-electron chi connectivity index (χ0n) is 11.8. The van der Waals surface area contributed by atoms with Crippen molar-refractivity contribution < 1.29 is 26.0 Å². The summed E-state index contributed by atoms with van der Waals surface area (Å²) in [5.41, 5.74) is -1.22. The average Bonchev–Trinajstić information content (AvgIpc) is 2.47. The quantitative estimate of drug-likeness (QED) is 0.614. The van der Waals surface area contributed by atoms with Crippen LogP contribution in [-0.2, 0) is 16.2 Å². The fourth-order valence-electron chi connectivity index (χ4n) is 2.24. The summed E-state index contributed by atoms with van der Waals surface area (Å²) in [6.07, 6.45) is -4.76. The Kier molecular flexibility index (Phi) is 4.93.